The van der Waals surface area contributed by atoms with E-state index in [1.54, 1.807) is 30.7 Å². The van der Waals surface area contributed by atoms with Gasteiger partial charge in [0.2, 0.25) is 0 Å². The average molecular weight is 326 g/mol. The number of rotatable bonds is 6. The molecule has 0 aliphatic heterocycles. The van der Waals surface area contributed by atoms with Crippen LogP contribution in [0.2, 0.25) is 10.0 Å². The predicted octanol–water partition coefficient (Wildman–Crippen LogP) is 4.58. The Kier molecular flexibility index (Phi) is 6.23. The van der Waals surface area contributed by atoms with E-state index >= 15 is 0 Å². The fraction of sp³-hybridized carbons (Fsp3) is 0.333. The average Bonchev–Trinajstić information content (AvgIpc) is 2.98. The van der Waals surface area contributed by atoms with Crippen molar-refractivity contribution in [2.45, 2.75) is 19.8 Å². The molecule has 0 radical (unpaired) electrons. The highest BCUT2D eigenvalue weighted by molar-refractivity contribution is 6.36. The van der Waals surface area contributed by atoms with Crippen LogP contribution in [0.5, 0.6) is 0 Å². The van der Waals surface area contributed by atoms with Crippen LogP contribution in [-0.2, 0) is 4.74 Å². The summed E-state index contributed by atoms with van der Waals surface area (Å²) in [6, 6.07) is 5.25. The third-order valence-corrected chi connectivity index (χ3v) is 3.32. The minimum atomic E-state index is 0.523. The van der Waals surface area contributed by atoms with Crippen LogP contribution in [0.3, 0.4) is 0 Å². The molecule has 1 aromatic carbocycles. The van der Waals surface area contributed by atoms with E-state index in [0.29, 0.717) is 28.8 Å². The number of imidazole rings is 1. The lowest BCUT2D eigenvalue weighted by Gasteiger charge is -2.09. The molecule has 0 bridgehead atoms. The molecular formula is C15H17Cl2N3O. The quantitative estimate of drug-likeness (QED) is 0.443. The lowest BCUT2D eigenvalue weighted by Crippen LogP contribution is -2.13. The van der Waals surface area contributed by atoms with E-state index in [1.807, 2.05) is 10.8 Å². The maximum absolute atomic E-state index is 6.17. The van der Waals surface area contributed by atoms with Gasteiger partial charge in [-0.3, -0.25) is 4.57 Å². The van der Waals surface area contributed by atoms with Crippen LogP contribution in [0.15, 0.2) is 41.9 Å². The van der Waals surface area contributed by atoms with Crippen LogP contribution >= 0.6 is 23.2 Å². The Hall–Kier alpha value is -1.36. The first-order chi connectivity index (χ1) is 10.2. The fourth-order valence-electron chi connectivity index (χ4n) is 1.78. The Labute approximate surface area is 134 Å². The van der Waals surface area contributed by atoms with Crippen molar-refractivity contribution in [3.63, 3.8) is 0 Å². The molecule has 4 nitrogen and oxygen atoms in total. The smallest absolute Gasteiger partial charge is 0.116 e. The molecule has 2 aromatic rings. The summed E-state index contributed by atoms with van der Waals surface area (Å²) in [5.41, 5.74) is 0.681. The summed E-state index contributed by atoms with van der Waals surface area (Å²) in [5, 5.41) is 1.11. The van der Waals surface area contributed by atoms with Crippen LogP contribution < -0.4 is 0 Å². The monoisotopic (exact) mass is 325 g/mol. The van der Waals surface area contributed by atoms with E-state index in [9.17, 15) is 0 Å². The Morgan fingerprint density at radius 3 is 2.86 bits per heavy atom. The van der Waals surface area contributed by atoms with Gasteiger partial charge >= 0.3 is 0 Å². The van der Waals surface area contributed by atoms with Gasteiger partial charge in [0.1, 0.15) is 12.2 Å². The molecule has 0 unspecified atom stereocenters. The van der Waals surface area contributed by atoms with Gasteiger partial charge in [0.15, 0.2) is 0 Å². The van der Waals surface area contributed by atoms with Crippen LogP contribution in [0.1, 0.15) is 19.8 Å². The first kappa shape index (κ1) is 16.0. The second-order valence-corrected chi connectivity index (χ2v) is 5.30. The summed E-state index contributed by atoms with van der Waals surface area (Å²) in [6.07, 6.45) is 6.95. The van der Waals surface area contributed by atoms with Gasteiger partial charge in [0, 0.05) is 30.4 Å². The second kappa shape index (κ2) is 8.17. The normalized spacial score (nSPS) is 11.9. The lowest BCUT2D eigenvalue weighted by atomic mass is 10.3. The van der Waals surface area contributed by atoms with Crippen molar-refractivity contribution in [3.8, 4) is 0 Å². The van der Waals surface area contributed by atoms with Gasteiger partial charge in [0.05, 0.1) is 17.3 Å². The van der Waals surface area contributed by atoms with Crippen molar-refractivity contribution in [2.75, 3.05) is 13.2 Å². The minimum absolute atomic E-state index is 0.523. The van der Waals surface area contributed by atoms with E-state index in [-0.39, 0.29) is 0 Å². The summed E-state index contributed by atoms with van der Waals surface area (Å²) < 4.78 is 7.39. The molecule has 0 amide bonds. The number of benzene rings is 1. The Morgan fingerprint density at radius 2 is 2.19 bits per heavy atom. The van der Waals surface area contributed by atoms with Gasteiger partial charge in [-0.15, -0.1) is 0 Å². The van der Waals surface area contributed by atoms with Crippen molar-refractivity contribution < 1.29 is 4.74 Å². The van der Waals surface area contributed by atoms with Gasteiger partial charge in [0.25, 0.3) is 0 Å². The first-order valence-corrected chi connectivity index (χ1v) is 7.55. The lowest BCUT2D eigenvalue weighted by molar-refractivity contribution is 0.141. The molecule has 1 heterocycles. The van der Waals surface area contributed by atoms with Gasteiger partial charge in [-0.05, 0) is 24.6 Å². The van der Waals surface area contributed by atoms with E-state index < -0.39 is 0 Å². The molecular weight excluding hydrogens is 309 g/mol. The Morgan fingerprint density at radius 1 is 1.33 bits per heavy atom. The summed E-state index contributed by atoms with van der Waals surface area (Å²) in [6.45, 7) is 3.44. The molecule has 0 spiro atoms. The largest absolute Gasteiger partial charge is 0.381 e. The van der Waals surface area contributed by atoms with E-state index in [0.717, 1.165) is 18.9 Å². The van der Waals surface area contributed by atoms with E-state index in [1.165, 1.54) is 0 Å². The molecule has 0 aliphatic carbocycles. The second-order valence-electron chi connectivity index (χ2n) is 4.46. The standard InChI is InChI=1S/C15H17Cl2N3O/c1-2-8-21-9-5-15(20-7-6-18-11-20)19-14-4-3-12(16)10-13(14)17/h3-4,6-7,10-11H,2,5,8-9H2,1H3/b19-15+. The van der Waals surface area contributed by atoms with E-state index in [4.69, 9.17) is 27.9 Å². The minimum Gasteiger partial charge on any atom is -0.381 e. The highest BCUT2D eigenvalue weighted by Gasteiger charge is 2.06. The molecule has 21 heavy (non-hydrogen) atoms. The number of hydrogen-bond acceptors (Lipinski definition) is 3. The van der Waals surface area contributed by atoms with Gasteiger partial charge < -0.3 is 4.74 Å². The zero-order chi connectivity index (χ0) is 15.1. The summed E-state index contributed by atoms with van der Waals surface area (Å²) in [7, 11) is 0. The summed E-state index contributed by atoms with van der Waals surface area (Å²) >= 11 is 12.1. The molecule has 0 atom stereocenters. The summed E-state index contributed by atoms with van der Waals surface area (Å²) in [5.74, 6) is 0.827. The van der Waals surface area contributed by atoms with Crippen LogP contribution in [0.4, 0.5) is 5.69 Å². The number of halogens is 2. The molecule has 0 fully saturated rings. The predicted molar refractivity (Wildman–Crippen MR) is 86.9 cm³/mol. The first-order valence-electron chi connectivity index (χ1n) is 6.79. The van der Waals surface area contributed by atoms with Crippen molar-refractivity contribution in [1.29, 1.82) is 0 Å². The Balaban J connectivity index is 2.20. The Bertz CT molecular complexity index is 597. The number of aliphatic imine (C=N–C) groups is 1. The van der Waals surface area contributed by atoms with Crippen molar-refractivity contribution in [1.82, 2.24) is 9.55 Å². The van der Waals surface area contributed by atoms with Gasteiger partial charge in [-0.2, -0.15) is 0 Å². The van der Waals surface area contributed by atoms with Crippen LogP contribution in [-0.4, -0.2) is 28.6 Å². The number of hydrogen-bond donors (Lipinski definition) is 0. The van der Waals surface area contributed by atoms with Gasteiger partial charge in [-0.1, -0.05) is 30.1 Å². The molecule has 6 heteroatoms. The number of nitrogens with zero attached hydrogens (tertiary/aromatic N) is 3. The zero-order valence-electron chi connectivity index (χ0n) is 11.8. The summed E-state index contributed by atoms with van der Waals surface area (Å²) in [4.78, 5) is 8.66. The molecule has 2 rings (SSSR count). The maximum Gasteiger partial charge on any atom is 0.116 e. The van der Waals surface area contributed by atoms with Crippen molar-refractivity contribution >= 4 is 34.7 Å². The van der Waals surface area contributed by atoms with Gasteiger partial charge in [-0.25, -0.2) is 9.98 Å². The third-order valence-electron chi connectivity index (χ3n) is 2.78. The molecule has 0 N–H and O–H groups in total. The molecule has 0 saturated heterocycles. The topological polar surface area (TPSA) is 39.4 Å². The third kappa shape index (κ3) is 4.84. The SMILES string of the molecule is CCCOCC/C(=N\c1ccc(Cl)cc1Cl)n1ccnc1. The molecule has 112 valence electrons. The number of ether oxygens (including phenoxy) is 1. The van der Waals surface area contributed by atoms with Crippen molar-refractivity contribution in [3.05, 3.63) is 47.0 Å². The van der Waals surface area contributed by atoms with Crippen LogP contribution in [0.25, 0.3) is 0 Å². The van der Waals surface area contributed by atoms with Crippen LogP contribution in [0, 0.1) is 0 Å². The van der Waals surface area contributed by atoms with E-state index in [2.05, 4.69) is 16.9 Å². The highest BCUT2D eigenvalue weighted by atomic mass is 35.5. The highest BCUT2D eigenvalue weighted by Crippen LogP contribution is 2.28. The molecule has 0 saturated carbocycles. The zero-order valence-corrected chi connectivity index (χ0v) is 13.3. The fourth-order valence-corrected chi connectivity index (χ4v) is 2.23. The van der Waals surface area contributed by atoms with Crippen molar-refractivity contribution in [2.24, 2.45) is 4.99 Å². The maximum atomic E-state index is 6.17. The molecule has 1 aromatic heterocycles. The number of aromatic nitrogens is 2. The molecule has 0 aliphatic rings.